The van der Waals surface area contributed by atoms with E-state index in [0.717, 1.165) is 5.56 Å². The Labute approximate surface area is 137 Å². The van der Waals surface area contributed by atoms with Crippen molar-refractivity contribution in [1.29, 1.82) is 0 Å². The second-order valence-corrected chi connectivity index (χ2v) is 5.43. The number of hydrogen-bond acceptors (Lipinski definition) is 4. The molecule has 0 atom stereocenters. The minimum absolute atomic E-state index is 0.392. The minimum Gasteiger partial charge on any atom is -0.494 e. The van der Waals surface area contributed by atoms with E-state index in [2.05, 4.69) is 10.3 Å². The average Bonchev–Trinajstić information content (AvgIpc) is 2.89. The summed E-state index contributed by atoms with van der Waals surface area (Å²) >= 11 is 11.9. The molecule has 0 aliphatic heterocycles. The molecule has 0 radical (unpaired) electrons. The first-order valence-corrected chi connectivity index (χ1v) is 7.17. The van der Waals surface area contributed by atoms with E-state index in [4.69, 9.17) is 33.7 Å². The number of aromatic nitrogens is 3. The van der Waals surface area contributed by atoms with Crippen molar-refractivity contribution in [3.63, 3.8) is 0 Å². The fourth-order valence-electron chi connectivity index (χ4n) is 2.11. The van der Waals surface area contributed by atoms with Gasteiger partial charge in [0.1, 0.15) is 17.1 Å². The number of nitrogens with two attached hydrogens (primary N) is 1. The van der Waals surface area contributed by atoms with Crippen molar-refractivity contribution in [2.45, 2.75) is 0 Å². The molecule has 0 aliphatic rings. The third-order valence-corrected chi connectivity index (χ3v) is 3.68. The highest BCUT2D eigenvalue weighted by Gasteiger charge is 2.16. The zero-order valence-corrected chi connectivity index (χ0v) is 13.1. The van der Waals surface area contributed by atoms with Crippen molar-refractivity contribution in [2.75, 3.05) is 12.8 Å². The molecule has 2 aromatic carbocycles. The molecule has 0 unspecified atom stereocenters. The number of methoxy groups -OCH3 is 1. The molecule has 7 heteroatoms. The summed E-state index contributed by atoms with van der Waals surface area (Å²) in [4.78, 5) is 0. The van der Waals surface area contributed by atoms with E-state index in [9.17, 15) is 0 Å². The number of nitrogen functional groups attached to an aromatic ring is 1. The zero-order valence-electron chi connectivity index (χ0n) is 11.6. The Morgan fingerprint density at radius 2 is 1.73 bits per heavy atom. The Kier molecular flexibility index (Phi) is 3.92. The van der Waals surface area contributed by atoms with E-state index in [-0.39, 0.29) is 0 Å². The maximum atomic E-state index is 6.19. The molecule has 0 aliphatic carbocycles. The molecule has 0 amide bonds. The average molecular weight is 335 g/mol. The molecule has 1 aromatic heterocycles. The van der Waals surface area contributed by atoms with Crippen LogP contribution in [0.15, 0.2) is 42.5 Å². The lowest BCUT2D eigenvalue weighted by Gasteiger charge is -2.09. The van der Waals surface area contributed by atoms with Gasteiger partial charge in [0, 0.05) is 15.6 Å². The molecule has 2 N–H and O–H groups in total. The van der Waals surface area contributed by atoms with Crippen LogP contribution < -0.4 is 10.5 Å². The molecule has 3 rings (SSSR count). The highest BCUT2D eigenvalue weighted by molar-refractivity contribution is 6.31. The van der Waals surface area contributed by atoms with Crippen LogP contribution in [-0.4, -0.2) is 22.1 Å². The monoisotopic (exact) mass is 334 g/mol. The van der Waals surface area contributed by atoms with E-state index in [1.165, 1.54) is 4.68 Å². The molecule has 0 saturated carbocycles. The lowest BCUT2D eigenvalue weighted by atomic mass is 10.1. The van der Waals surface area contributed by atoms with E-state index in [1.54, 1.807) is 37.4 Å². The maximum absolute atomic E-state index is 6.19. The van der Waals surface area contributed by atoms with Gasteiger partial charge in [0.2, 0.25) is 0 Å². The molecule has 0 saturated heterocycles. The van der Waals surface area contributed by atoms with Gasteiger partial charge in [0.05, 0.1) is 7.11 Å². The fraction of sp³-hybridized carbons (Fsp3) is 0.0667. The highest BCUT2D eigenvalue weighted by Crippen LogP contribution is 2.31. The summed E-state index contributed by atoms with van der Waals surface area (Å²) in [5.74, 6) is 0.992. The van der Waals surface area contributed by atoms with Crippen molar-refractivity contribution in [3.8, 4) is 22.7 Å². The van der Waals surface area contributed by atoms with Crippen LogP contribution in [0.5, 0.6) is 5.75 Å². The summed E-state index contributed by atoms with van der Waals surface area (Å²) in [6.45, 7) is 0. The van der Waals surface area contributed by atoms with Gasteiger partial charge in [-0.3, -0.25) is 0 Å². The Morgan fingerprint density at radius 1 is 1.05 bits per heavy atom. The van der Waals surface area contributed by atoms with Crippen molar-refractivity contribution >= 4 is 29.0 Å². The van der Waals surface area contributed by atoms with Gasteiger partial charge < -0.3 is 10.5 Å². The van der Waals surface area contributed by atoms with Crippen LogP contribution in [0, 0.1) is 0 Å². The third kappa shape index (κ3) is 2.61. The SMILES string of the molecule is COc1ccc(Cl)cc1-n1nnc(-c2ccc(Cl)cc2)c1N. The lowest BCUT2D eigenvalue weighted by Crippen LogP contribution is -2.04. The second kappa shape index (κ2) is 5.87. The molecule has 0 spiro atoms. The molecule has 0 fully saturated rings. The number of rotatable bonds is 3. The van der Waals surface area contributed by atoms with Crippen LogP contribution in [-0.2, 0) is 0 Å². The molecular weight excluding hydrogens is 323 g/mol. The number of nitrogens with zero attached hydrogens (tertiary/aromatic N) is 3. The van der Waals surface area contributed by atoms with Gasteiger partial charge in [-0.05, 0) is 30.3 Å². The molecule has 1 heterocycles. The van der Waals surface area contributed by atoms with E-state index in [0.29, 0.717) is 33.0 Å². The smallest absolute Gasteiger partial charge is 0.156 e. The van der Waals surface area contributed by atoms with Crippen molar-refractivity contribution < 1.29 is 4.74 Å². The van der Waals surface area contributed by atoms with Gasteiger partial charge in [0.15, 0.2) is 5.82 Å². The van der Waals surface area contributed by atoms with Crippen molar-refractivity contribution in [1.82, 2.24) is 15.0 Å². The van der Waals surface area contributed by atoms with Gasteiger partial charge in [-0.25, -0.2) is 0 Å². The third-order valence-electron chi connectivity index (χ3n) is 3.19. The topological polar surface area (TPSA) is 66.0 Å². The van der Waals surface area contributed by atoms with Crippen molar-refractivity contribution in [2.24, 2.45) is 0 Å². The summed E-state index contributed by atoms with van der Waals surface area (Å²) in [5, 5.41) is 9.45. The van der Waals surface area contributed by atoms with Crippen LogP contribution >= 0.6 is 23.2 Å². The molecule has 0 bridgehead atoms. The second-order valence-electron chi connectivity index (χ2n) is 4.56. The van der Waals surface area contributed by atoms with Gasteiger partial charge in [-0.1, -0.05) is 40.5 Å². The summed E-state index contributed by atoms with van der Waals surface area (Å²) in [7, 11) is 1.57. The van der Waals surface area contributed by atoms with Crippen molar-refractivity contribution in [3.05, 3.63) is 52.5 Å². The number of halogens is 2. The van der Waals surface area contributed by atoms with Gasteiger partial charge >= 0.3 is 0 Å². The Bertz CT molecular complexity index is 815. The van der Waals surface area contributed by atoms with Crippen LogP contribution in [0.3, 0.4) is 0 Å². The maximum Gasteiger partial charge on any atom is 0.156 e. The largest absolute Gasteiger partial charge is 0.494 e. The first-order chi connectivity index (χ1) is 10.6. The lowest BCUT2D eigenvalue weighted by molar-refractivity contribution is 0.411. The van der Waals surface area contributed by atoms with Gasteiger partial charge in [-0.2, -0.15) is 4.68 Å². The Hall–Kier alpha value is -2.24. The predicted octanol–water partition coefficient (Wildman–Crippen LogP) is 3.83. The number of ether oxygens (including phenoxy) is 1. The van der Waals surface area contributed by atoms with E-state index >= 15 is 0 Å². The number of benzene rings is 2. The van der Waals surface area contributed by atoms with Crippen LogP contribution in [0.1, 0.15) is 0 Å². The first-order valence-electron chi connectivity index (χ1n) is 6.41. The number of anilines is 1. The predicted molar refractivity (Wildman–Crippen MR) is 87.8 cm³/mol. The summed E-state index contributed by atoms with van der Waals surface area (Å²) in [6, 6.07) is 12.4. The van der Waals surface area contributed by atoms with E-state index in [1.807, 2.05) is 12.1 Å². The Morgan fingerprint density at radius 3 is 2.41 bits per heavy atom. The molecule has 3 aromatic rings. The normalized spacial score (nSPS) is 10.7. The summed E-state index contributed by atoms with van der Waals surface area (Å²) < 4.78 is 6.81. The summed E-state index contributed by atoms with van der Waals surface area (Å²) in [6.07, 6.45) is 0. The van der Waals surface area contributed by atoms with E-state index < -0.39 is 0 Å². The van der Waals surface area contributed by atoms with Crippen LogP contribution in [0.2, 0.25) is 10.0 Å². The Balaban J connectivity index is 2.11. The standard InChI is InChI=1S/C15H12Cl2N4O/c1-22-13-7-6-11(17)8-12(13)21-15(18)14(19-20-21)9-2-4-10(16)5-3-9/h2-8H,18H2,1H3. The molecule has 22 heavy (non-hydrogen) atoms. The molecule has 112 valence electrons. The summed E-state index contributed by atoms with van der Waals surface area (Å²) in [5.41, 5.74) is 8.21. The van der Waals surface area contributed by atoms with Gasteiger partial charge in [-0.15, -0.1) is 5.10 Å². The highest BCUT2D eigenvalue weighted by atomic mass is 35.5. The first kappa shape index (κ1) is 14.7. The van der Waals surface area contributed by atoms with Crippen LogP contribution in [0.4, 0.5) is 5.82 Å². The minimum atomic E-state index is 0.392. The van der Waals surface area contributed by atoms with Gasteiger partial charge in [0.25, 0.3) is 0 Å². The fourth-order valence-corrected chi connectivity index (χ4v) is 2.40. The number of hydrogen-bond donors (Lipinski definition) is 1. The molecule has 5 nitrogen and oxygen atoms in total. The molecular formula is C15H12Cl2N4O. The van der Waals surface area contributed by atoms with Crippen LogP contribution in [0.25, 0.3) is 16.9 Å². The zero-order chi connectivity index (χ0) is 15.7. The quantitative estimate of drug-likeness (QED) is 0.790.